The first-order chi connectivity index (χ1) is 14.3. The van der Waals surface area contributed by atoms with Crippen LogP contribution >= 0.6 is 11.6 Å². The Balaban J connectivity index is 2.10. The van der Waals surface area contributed by atoms with E-state index in [1.807, 2.05) is 20.8 Å². The fraction of sp³-hybridized carbons (Fsp3) is 0.333. The van der Waals surface area contributed by atoms with E-state index >= 15 is 0 Å². The summed E-state index contributed by atoms with van der Waals surface area (Å²) in [5.41, 5.74) is 3.17. The monoisotopic (exact) mass is 433 g/mol. The second-order valence-electron chi connectivity index (χ2n) is 6.46. The molecule has 0 saturated heterocycles. The van der Waals surface area contributed by atoms with E-state index in [4.69, 9.17) is 21.1 Å². The molecule has 0 saturated carbocycles. The molecule has 0 fully saturated rings. The average Bonchev–Trinajstić information content (AvgIpc) is 2.70. The van der Waals surface area contributed by atoms with Gasteiger partial charge in [-0.2, -0.15) is 5.10 Å². The smallest absolute Gasteiger partial charge is 0.273 e. The molecule has 8 nitrogen and oxygen atoms in total. The molecule has 9 heteroatoms. The number of ether oxygens (including phenoxy) is 2. The van der Waals surface area contributed by atoms with Gasteiger partial charge in [0.2, 0.25) is 5.91 Å². The summed E-state index contributed by atoms with van der Waals surface area (Å²) < 4.78 is 11.5. The van der Waals surface area contributed by atoms with Gasteiger partial charge < -0.3 is 9.47 Å². The number of carbonyl (C=O) groups excluding carboxylic acids is 1. The Hall–Kier alpha value is -3.13. The fourth-order valence-electron chi connectivity index (χ4n) is 2.55. The predicted octanol–water partition coefficient (Wildman–Crippen LogP) is 4.52. The number of benzene rings is 2. The van der Waals surface area contributed by atoms with Crippen LogP contribution in [-0.2, 0) is 11.2 Å². The van der Waals surface area contributed by atoms with Crippen molar-refractivity contribution >= 4 is 29.4 Å². The molecule has 1 atom stereocenters. The summed E-state index contributed by atoms with van der Waals surface area (Å²) in [5, 5.41) is 15.3. The number of hydrogen-bond acceptors (Lipinski definition) is 6. The molecule has 2 rings (SSSR count). The molecule has 1 amide bonds. The van der Waals surface area contributed by atoms with Crippen molar-refractivity contribution in [3.8, 4) is 11.5 Å². The van der Waals surface area contributed by atoms with E-state index < -0.39 is 10.8 Å². The fourth-order valence-corrected chi connectivity index (χ4v) is 2.82. The summed E-state index contributed by atoms with van der Waals surface area (Å²) in [7, 11) is 0. The van der Waals surface area contributed by atoms with Crippen molar-refractivity contribution < 1.29 is 19.2 Å². The van der Waals surface area contributed by atoms with E-state index in [1.165, 1.54) is 18.3 Å². The number of hydrogen-bond donors (Lipinski definition) is 1. The highest BCUT2D eigenvalue weighted by molar-refractivity contribution is 6.32. The van der Waals surface area contributed by atoms with Crippen LogP contribution in [0.2, 0.25) is 5.02 Å². The van der Waals surface area contributed by atoms with E-state index in [-0.39, 0.29) is 18.2 Å². The molecule has 0 aliphatic heterocycles. The molecule has 0 spiro atoms. The van der Waals surface area contributed by atoms with E-state index in [1.54, 1.807) is 24.3 Å². The van der Waals surface area contributed by atoms with Crippen LogP contribution < -0.4 is 14.9 Å². The molecule has 0 radical (unpaired) electrons. The van der Waals surface area contributed by atoms with Crippen LogP contribution in [0.15, 0.2) is 41.5 Å². The lowest BCUT2D eigenvalue weighted by molar-refractivity contribution is -0.385. The molecule has 0 heterocycles. The average molecular weight is 434 g/mol. The molecule has 1 N–H and O–H groups in total. The SMILES string of the molecule is CCOc1cc(C=NNC(=O)Cc2ccccc2[N+](=O)[O-])cc(Cl)c1OC(C)CC. The van der Waals surface area contributed by atoms with Crippen LogP contribution in [0.1, 0.15) is 38.3 Å². The third-order valence-corrected chi connectivity index (χ3v) is 4.45. The number of rotatable bonds is 10. The lowest BCUT2D eigenvalue weighted by atomic mass is 10.1. The van der Waals surface area contributed by atoms with Crippen molar-refractivity contribution in [1.82, 2.24) is 5.43 Å². The Morgan fingerprint density at radius 1 is 1.33 bits per heavy atom. The lowest BCUT2D eigenvalue weighted by Gasteiger charge is -2.18. The Morgan fingerprint density at radius 3 is 2.73 bits per heavy atom. The summed E-state index contributed by atoms with van der Waals surface area (Å²) in [5.74, 6) is 0.469. The second-order valence-corrected chi connectivity index (χ2v) is 6.86. The maximum atomic E-state index is 12.1. The molecule has 30 heavy (non-hydrogen) atoms. The predicted molar refractivity (Wildman–Crippen MR) is 116 cm³/mol. The Bertz CT molecular complexity index is 933. The Labute approximate surface area is 180 Å². The molecular formula is C21H24ClN3O5. The molecule has 0 aromatic heterocycles. The maximum Gasteiger partial charge on any atom is 0.273 e. The number of para-hydroxylation sites is 1. The van der Waals surface area contributed by atoms with Gasteiger partial charge in [0.05, 0.1) is 35.3 Å². The van der Waals surface area contributed by atoms with Crippen LogP contribution in [0.4, 0.5) is 5.69 Å². The van der Waals surface area contributed by atoms with Gasteiger partial charge in [-0.1, -0.05) is 36.7 Å². The minimum Gasteiger partial charge on any atom is -0.490 e. The van der Waals surface area contributed by atoms with Gasteiger partial charge in [0, 0.05) is 11.6 Å². The van der Waals surface area contributed by atoms with Gasteiger partial charge in [-0.15, -0.1) is 0 Å². The van der Waals surface area contributed by atoms with Crippen molar-refractivity contribution in [2.45, 2.75) is 39.7 Å². The minimum absolute atomic E-state index is 0.0254. The normalized spacial score (nSPS) is 11.9. The molecule has 1 unspecified atom stereocenters. The number of nitro groups is 1. The Morgan fingerprint density at radius 2 is 2.07 bits per heavy atom. The maximum absolute atomic E-state index is 12.1. The summed E-state index contributed by atoms with van der Waals surface area (Å²) in [6, 6.07) is 9.44. The van der Waals surface area contributed by atoms with Crippen LogP contribution in [0.25, 0.3) is 0 Å². The molecule has 0 aliphatic carbocycles. The van der Waals surface area contributed by atoms with E-state index in [2.05, 4.69) is 10.5 Å². The molecule has 0 bridgehead atoms. The third-order valence-electron chi connectivity index (χ3n) is 4.17. The zero-order valence-corrected chi connectivity index (χ0v) is 17.8. The number of nitrogens with zero attached hydrogens (tertiary/aromatic N) is 2. The first-order valence-corrected chi connectivity index (χ1v) is 9.90. The highest BCUT2D eigenvalue weighted by Gasteiger charge is 2.16. The largest absolute Gasteiger partial charge is 0.490 e. The van der Waals surface area contributed by atoms with Crippen molar-refractivity contribution in [3.63, 3.8) is 0 Å². The van der Waals surface area contributed by atoms with Gasteiger partial charge in [-0.05, 0) is 38.0 Å². The number of nitrogens with one attached hydrogen (secondary N) is 1. The van der Waals surface area contributed by atoms with Crippen LogP contribution in [0.5, 0.6) is 11.5 Å². The number of nitro benzene ring substituents is 1. The minimum atomic E-state index is -0.522. The van der Waals surface area contributed by atoms with Gasteiger partial charge in [-0.3, -0.25) is 14.9 Å². The summed E-state index contributed by atoms with van der Waals surface area (Å²) >= 11 is 6.35. The molecule has 160 valence electrons. The number of carbonyl (C=O) groups is 1. The number of amides is 1. The summed E-state index contributed by atoms with van der Waals surface area (Å²) in [6.45, 7) is 6.23. The summed E-state index contributed by atoms with van der Waals surface area (Å²) in [4.78, 5) is 22.6. The number of halogens is 1. The van der Waals surface area contributed by atoms with Crippen molar-refractivity contribution in [2.75, 3.05) is 6.61 Å². The second kappa shape index (κ2) is 11.2. The van der Waals surface area contributed by atoms with Crippen molar-refractivity contribution in [2.24, 2.45) is 5.10 Å². The topological polar surface area (TPSA) is 103 Å². The van der Waals surface area contributed by atoms with Crippen molar-refractivity contribution in [1.29, 1.82) is 0 Å². The zero-order valence-electron chi connectivity index (χ0n) is 17.1. The zero-order chi connectivity index (χ0) is 22.1. The van der Waals surface area contributed by atoms with E-state index in [0.29, 0.717) is 34.3 Å². The molecular weight excluding hydrogens is 410 g/mol. The van der Waals surface area contributed by atoms with E-state index in [9.17, 15) is 14.9 Å². The van der Waals surface area contributed by atoms with Gasteiger partial charge in [0.25, 0.3) is 5.69 Å². The summed E-state index contributed by atoms with van der Waals surface area (Å²) in [6.07, 6.45) is 2.04. The highest BCUT2D eigenvalue weighted by Crippen LogP contribution is 2.37. The molecule has 2 aromatic rings. The first-order valence-electron chi connectivity index (χ1n) is 9.52. The quantitative estimate of drug-likeness (QED) is 0.337. The van der Waals surface area contributed by atoms with E-state index in [0.717, 1.165) is 6.42 Å². The first kappa shape index (κ1) is 23.2. The van der Waals surface area contributed by atoms with Crippen LogP contribution in [0.3, 0.4) is 0 Å². The van der Waals surface area contributed by atoms with Gasteiger partial charge in [-0.25, -0.2) is 5.43 Å². The highest BCUT2D eigenvalue weighted by atomic mass is 35.5. The third kappa shape index (κ3) is 6.45. The van der Waals surface area contributed by atoms with Crippen LogP contribution in [0, 0.1) is 10.1 Å². The van der Waals surface area contributed by atoms with Crippen LogP contribution in [-0.4, -0.2) is 29.8 Å². The van der Waals surface area contributed by atoms with Gasteiger partial charge in [0.1, 0.15) is 0 Å². The lowest BCUT2D eigenvalue weighted by Crippen LogP contribution is -2.20. The van der Waals surface area contributed by atoms with Gasteiger partial charge >= 0.3 is 0 Å². The Kier molecular flexibility index (Phi) is 8.61. The standard InChI is InChI=1S/C21H24ClN3O5/c1-4-14(3)30-21-17(22)10-15(11-19(21)29-5-2)13-23-24-20(26)12-16-8-6-7-9-18(16)25(27)28/h6-11,13-14H,4-5,12H2,1-3H3,(H,24,26). The molecule has 2 aromatic carbocycles. The van der Waals surface area contributed by atoms with Gasteiger partial charge in [0.15, 0.2) is 11.5 Å². The number of hydrazone groups is 1. The molecule has 0 aliphatic rings. The van der Waals surface area contributed by atoms with Crippen molar-refractivity contribution in [3.05, 3.63) is 62.7 Å².